The van der Waals surface area contributed by atoms with Crippen LogP contribution in [0.1, 0.15) is 97.1 Å². The van der Waals surface area contributed by atoms with Crippen molar-refractivity contribution in [2.24, 2.45) is 0 Å². The molecule has 1 aliphatic rings. The van der Waals surface area contributed by atoms with Crippen molar-refractivity contribution in [3.63, 3.8) is 0 Å². The first-order valence-electron chi connectivity index (χ1n) is 11.8. The van der Waals surface area contributed by atoms with E-state index in [1.807, 2.05) is 0 Å². The zero-order valence-electron chi connectivity index (χ0n) is 19.7. The Kier molecular flexibility index (Phi) is 9.49. The van der Waals surface area contributed by atoms with E-state index in [1.54, 1.807) is 0 Å². The van der Waals surface area contributed by atoms with Crippen molar-refractivity contribution in [1.29, 1.82) is 0 Å². The largest absolute Gasteiger partial charge is 0.493 e. The monoisotopic (exact) mass is 403 g/mol. The molecule has 1 aromatic rings. The molecule has 1 fully saturated rings. The van der Waals surface area contributed by atoms with Crippen molar-refractivity contribution in [2.75, 3.05) is 32.8 Å². The minimum absolute atomic E-state index is 0.0192. The molecule has 3 heteroatoms. The van der Waals surface area contributed by atoms with Gasteiger partial charge in [-0.05, 0) is 67.9 Å². The number of piperidine rings is 1. The van der Waals surface area contributed by atoms with Gasteiger partial charge in [-0.15, -0.1) is 0 Å². The number of aliphatic hydroxyl groups excluding tert-OH is 1. The summed E-state index contributed by atoms with van der Waals surface area (Å²) in [6.45, 7) is 15.7. The quantitative estimate of drug-likeness (QED) is 0.455. The smallest absolute Gasteiger partial charge is 0.123 e. The average molecular weight is 404 g/mol. The van der Waals surface area contributed by atoms with Crippen LogP contribution >= 0.6 is 0 Å². The number of nitrogens with zero attached hydrogens (tertiary/aromatic N) is 1. The van der Waals surface area contributed by atoms with Crippen LogP contribution in [-0.4, -0.2) is 42.9 Å². The minimum Gasteiger partial charge on any atom is -0.493 e. The number of unbranched alkanes of at least 4 members (excludes halogenated alkanes) is 4. The molecule has 2 rings (SSSR count). The van der Waals surface area contributed by atoms with Gasteiger partial charge in [0.25, 0.3) is 0 Å². The molecular weight excluding hydrogens is 358 g/mol. The Balaban J connectivity index is 1.73. The molecule has 166 valence electrons. The molecule has 1 aromatic carbocycles. The van der Waals surface area contributed by atoms with Gasteiger partial charge in [0.2, 0.25) is 0 Å². The lowest BCUT2D eigenvalue weighted by atomic mass is 9.79. The van der Waals surface area contributed by atoms with Crippen molar-refractivity contribution in [3.8, 4) is 5.75 Å². The number of benzene rings is 1. The van der Waals surface area contributed by atoms with Crippen molar-refractivity contribution in [2.45, 2.75) is 96.8 Å². The molecule has 0 aromatic heterocycles. The third-order valence-corrected chi connectivity index (χ3v) is 6.29. The summed E-state index contributed by atoms with van der Waals surface area (Å²) in [6.07, 6.45) is 10.6. The Bertz CT molecular complexity index is 597. The first kappa shape index (κ1) is 24.2. The Morgan fingerprint density at radius 1 is 0.897 bits per heavy atom. The Labute approximate surface area is 179 Å². The third kappa shape index (κ3) is 7.94. The Morgan fingerprint density at radius 3 is 2.21 bits per heavy atom. The lowest BCUT2D eigenvalue weighted by Gasteiger charge is -2.28. The summed E-state index contributed by atoms with van der Waals surface area (Å²) in [5.74, 6) is 1.00. The topological polar surface area (TPSA) is 32.7 Å². The second-order valence-corrected chi connectivity index (χ2v) is 10.5. The van der Waals surface area contributed by atoms with Crippen molar-refractivity contribution < 1.29 is 9.84 Å². The van der Waals surface area contributed by atoms with Crippen molar-refractivity contribution in [3.05, 3.63) is 29.3 Å². The number of ether oxygens (including phenoxy) is 1. The zero-order chi connectivity index (χ0) is 21.3. The highest BCUT2D eigenvalue weighted by Gasteiger charge is 2.25. The fourth-order valence-corrected chi connectivity index (χ4v) is 4.09. The van der Waals surface area contributed by atoms with Gasteiger partial charge in [-0.25, -0.2) is 0 Å². The predicted octanol–water partition coefficient (Wildman–Crippen LogP) is 6.07. The molecule has 1 N–H and O–H groups in total. The minimum atomic E-state index is -0.229. The molecule has 0 saturated carbocycles. The third-order valence-electron chi connectivity index (χ3n) is 6.29. The molecule has 0 bridgehead atoms. The molecule has 0 atom stereocenters. The standard InChI is InChI=1S/C26H45NO2/c1-25(2,3)23-20-22(26(4,5)21-28)14-15-24(23)29-19-13-8-6-7-10-16-27-17-11-9-12-18-27/h14-15,20,28H,6-13,16-19,21H2,1-5H3. The van der Waals surface area contributed by atoms with E-state index >= 15 is 0 Å². The highest BCUT2D eigenvalue weighted by atomic mass is 16.5. The maximum Gasteiger partial charge on any atom is 0.123 e. The number of hydrogen-bond acceptors (Lipinski definition) is 3. The fourth-order valence-electron chi connectivity index (χ4n) is 4.09. The maximum atomic E-state index is 9.71. The molecule has 0 aliphatic carbocycles. The normalized spacial score (nSPS) is 16.2. The first-order chi connectivity index (χ1) is 13.7. The SMILES string of the molecule is CC(C)(C)c1cc(C(C)(C)CO)ccc1OCCCCCCCN1CCCCC1. The number of rotatable bonds is 11. The Morgan fingerprint density at radius 2 is 1.55 bits per heavy atom. The van der Waals surface area contributed by atoms with Crippen LogP contribution in [0.5, 0.6) is 5.75 Å². The number of likely N-dealkylation sites (tertiary alicyclic amines) is 1. The summed E-state index contributed by atoms with van der Waals surface area (Å²) in [5.41, 5.74) is 2.20. The molecule has 1 aliphatic heterocycles. The lowest BCUT2D eigenvalue weighted by Crippen LogP contribution is -2.30. The van der Waals surface area contributed by atoms with Gasteiger partial charge in [-0.3, -0.25) is 0 Å². The molecule has 1 saturated heterocycles. The van der Waals surface area contributed by atoms with Crippen LogP contribution in [0.15, 0.2) is 18.2 Å². The maximum absolute atomic E-state index is 9.71. The average Bonchev–Trinajstić information content (AvgIpc) is 2.70. The summed E-state index contributed by atoms with van der Waals surface area (Å²) in [5, 5.41) is 9.71. The van der Waals surface area contributed by atoms with Crippen LogP contribution in [0.4, 0.5) is 0 Å². The highest BCUT2D eigenvalue weighted by molar-refractivity contribution is 5.43. The second-order valence-electron chi connectivity index (χ2n) is 10.5. The van der Waals surface area contributed by atoms with Gasteiger partial charge < -0.3 is 14.7 Å². The van der Waals surface area contributed by atoms with Gasteiger partial charge in [-0.2, -0.15) is 0 Å². The molecule has 1 heterocycles. The van der Waals surface area contributed by atoms with E-state index in [2.05, 4.69) is 57.7 Å². The second kappa shape index (κ2) is 11.4. The van der Waals surface area contributed by atoms with Crippen molar-refractivity contribution >= 4 is 0 Å². The molecule has 0 unspecified atom stereocenters. The molecule has 0 radical (unpaired) electrons. The van der Waals surface area contributed by atoms with Gasteiger partial charge >= 0.3 is 0 Å². The fraction of sp³-hybridized carbons (Fsp3) is 0.769. The summed E-state index contributed by atoms with van der Waals surface area (Å²) in [4.78, 5) is 2.64. The Hall–Kier alpha value is -1.06. The van der Waals surface area contributed by atoms with Crippen LogP contribution in [-0.2, 0) is 10.8 Å². The van der Waals surface area contributed by atoms with Crippen LogP contribution in [0.25, 0.3) is 0 Å². The van der Waals surface area contributed by atoms with Crippen molar-refractivity contribution in [1.82, 2.24) is 4.90 Å². The van der Waals surface area contributed by atoms with Crippen LogP contribution in [0, 0.1) is 0 Å². The van der Waals surface area contributed by atoms with E-state index in [4.69, 9.17) is 4.74 Å². The summed E-state index contributed by atoms with van der Waals surface area (Å²) in [7, 11) is 0. The van der Waals surface area contributed by atoms with Gasteiger partial charge in [0.1, 0.15) is 5.75 Å². The molecular formula is C26H45NO2. The van der Waals surface area contributed by atoms with E-state index in [1.165, 1.54) is 75.7 Å². The summed E-state index contributed by atoms with van der Waals surface area (Å²) >= 11 is 0. The number of hydrogen-bond donors (Lipinski definition) is 1. The molecule has 3 nitrogen and oxygen atoms in total. The van der Waals surface area contributed by atoms with E-state index in [-0.39, 0.29) is 17.4 Å². The van der Waals surface area contributed by atoms with Gasteiger partial charge in [0.15, 0.2) is 0 Å². The predicted molar refractivity (Wildman–Crippen MR) is 124 cm³/mol. The lowest BCUT2D eigenvalue weighted by molar-refractivity contribution is 0.218. The van der Waals surface area contributed by atoms with E-state index in [9.17, 15) is 5.11 Å². The molecule has 29 heavy (non-hydrogen) atoms. The zero-order valence-corrected chi connectivity index (χ0v) is 19.7. The molecule has 0 spiro atoms. The van der Waals surface area contributed by atoms with Gasteiger partial charge in [0.05, 0.1) is 13.2 Å². The summed E-state index contributed by atoms with van der Waals surface area (Å²) < 4.78 is 6.20. The first-order valence-corrected chi connectivity index (χ1v) is 11.8. The van der Waals surface area contributed by atoms with Crippen LogP contribution in [0.2, 0.25) is 0 Å². The van der Waals surface area contributed by atoms with E-state index in [0.717, 1.165) is 18.8 Å². The van der Waals surface area contributed by atoms with Crippen LogP contribution in [0.3, 0.4) is 0 Å². The number of aliphatic hydroxyl groups is 1. The van der Waals surface area contributed by atoms with Gasteiger partial charge in [-0.1, -0.05) is 72.4 Å². The molecule has 0 amide bonds. The highest BCUT2D eigenvalue weighted by Crippen LogP contribution is 2.35. The van der Waals surface area contributed by atoms with E-state index < -0.39 is 0 Å². The van der Waals surface area contributed by atoms with Crippen LogP contribution < -0.4 is 4.74 Å². The summed E-state index contributed by atoms with van der Waals surface area (Å²) in [6, 6.07) is 6.44. The van der Waals surface area contributed by atoms with Gasteiger partial charge in [0, 0.05) is 5.41 Å². The van der Waals surface area contributed by atoms with E-state index in [0.29, 0.717) is 0 Å².